The van der Waals surface area contributed by atoms with Crippen molar-refractivity contribution in [1.82, 2.24) is 9.62 Å². The van der Waals surface area contributed by atoms with Crippen molar-refractivity contribution in [2.45, 2.75) is 39.7 Å². The van der Waals surface area contributed by atoms with E-state index in [1.54, 1.807) is 6.92 Å². The molecule has 0 saturated heterocycles. The fourth-order valence-electron chi connectivity index (χ4n) is 1.35. The average Bonchev–Trinajstić information content (AvgIpc) is 2.17. The lowest BCUT2D eigenvalue weighted by Crippen LogP contribution is -2.42. The first kappa shape index (κ1) is 15.4. The van der Waals surface area contributed by atoms with Crippen molar-refractivity contribution in [1.29, 1.82) is 0 Å². The van der Waals surface area contributed by atoms with Gasteiger partial charge in [-0.25, -0.2) is 8.42 Å². The summed E-state index contributed by atoms with van der Waals surface area (Å²) in [4.78, 5) is 11.5. The lowest BCUT2D eigenvalue weighted by Gasteiger charge is -2.18. The van der Waals surface area contributed by atoms with Crippen LogP contribution in [0.2, 0.25) is 0 Å². The van der Waals surface area contributed by atoms with Gasteiger partial charge in [-0.1, -0.05) is 13.3 Å². The van der Waals surface area contributed by atoms with Crippen LogP contribution in [0, 0.1) is 0 Å². The maximum atomic E-state index is 11.5. The van der Waals surface area contributed by atoms with Gasteiger partial charge in [-0.3, -0.25) is 4.79 Å². The van der Waals surface area contributed by atoms with Gasteiger partial charge in [0.15, 0.2) is 0 Å². The number of sulfonamides is 1. The van der Waals surface area contributed by atoms with E-state index in [-0.39, 0.29) is 24.2 Å². The lowest BCUT2D eigenvalue weighted by atomic mass is 10.2. The molecular formula is C10H22N2O3S. The maximum absolute atomic E-state index is 11.5. The molecule has 0 radical (unpaired) electrons. The van der Waals surface area contributed by atoms with Gasteiger partial charge in [0, 0.05) is 13.1 Å². The van der Waals surface area contributed by atoms with Gasteiger partial charge in [0.25, 0.3) is 0 Å². The third kappa shape index (κ3) is 5.46. The highest BCUT2D eigenvalue weighted by molar-refractivity contribution is 7.89. The zero-order chi connectivity index (χ0) is 12.8. The van der Waals surface area contributed by atoms with Crippen molar-refractivity contribution in [3.8, 4) is 0 Å². The van der Waals surface area contributed by atoms with Crippen LogP contribution in [-0.2, 0) is 14.8 Å². The molecule has 0 spiro atoms. The Balaban J connectivity index is 4.16. The van der Waals surface area contributed by atoms with E-state index >= 15 is 0 Å². The molecule has 5 nitrogen and oxygen atoms in total. The summed E-state index contributed by atoms with van der Waals surface area (Å²) >= 11 is 0. The number of hydrogen-bond donors (Lipinski definition) is 1. The summed E-state index contributed by atoms with van der Waals surface area (Å²) in [7, 11) is -1.85. The van der Waals surface area contributed by atoms with Gasteiger partial charge in [-0.2, -0.15) is 4.31 Å². The Kier molecular flexibility index (Phi) is 6.59. The Bertz CT molecular complexity index is 314. The minimum atomic E-state index is -3.27. The van der Waals surface area contributed by atoms with Crippen LogP contribution < -0.4 is 5.32 Å². The maximum Gasteiger partial charge on any atom is 0.235 e. The number of nitrogens with one attached hydrogen (secondary N) is 1. The first-order valence-corrected chi connectivity index (χ1v) is 7.17. The normalized spacial score (nSPS) is 13.8. The highest BCUT2D eigenvalue weighted by Crippen LogP contribution is 1.98. The summed E-state index contributed by atoms with van der Waals surface area (Å²) in [5.74, 6) is -0.234. The summed E-state index contributed by atoms with van der Waals surface area (Å²) in [6, 6.07) is 0.0928. The monoisotopic (exact) mass is 250 g/mol. The third-order valence-electron chi connectivity index (χ3n) is 2.34. The number of nitrogens with zero attached hydrogens (tertiary/aromatic N) is 1. The van der Waals surface area contributed by atoms with Crippen molar-refractivity contribution in [2.24, 2.45) is 0 Å². The molecule has 0 fully saturated rings. The lowest BCUT2D eigenvalue weighted by molar-refractivity contribution is -0.121. The van der Waals surface area contributed by atoms with E-state index in [1.807, 2.05) is 13.8 Å². The van der Waals surface area contributed by atoms with E-state index in [2.05, 4.69) is 5.32 Å². The average molecular weight is 250 g/mol. The van der Waals surface area contributed by atoms with Crippen molar-refractivity contribution >= 4 is 15.9 Å². The van der Waals surface area contributed by atoms with E-state index in [0.29, 0.717) is 0 Å². The molecule has 0 aliphatic rings. The number of hydrogen-bond acceptors (Lipinski definition) is 3. The van der Waals surface area contributed by atoms with Gasteiger partial charge in [-0.15, -0.1) is 0 Å². The number of amides is 1. The molecule has 0 aromatic heterocycles. The standard InChI is InChI=1S/C10H22N2O3S/c1-5-7-9(3)11-10(13)8-12(4)16(14,15)6-2/h9H,5-8H2,1-4H3,(H,11,13). The summed E-state index contributed by atoms with van der Waals surface area (Å²) in [5.41, 5.74) is 0. The van der Waals surface area contributed by atoms with Crippen LogP contribution in [0.3, 0.4) is 0 Å². The summed E-state index contributed by atoms with van der Waals surface area (Å²) in [6.07, 6.45) is 1.89. The van der Waals surface area contributed by atoms with E-state index in [9.17, 15) is 13.2 Å². The number of carbonyl (C=O) groups excluding carboxylic acids is 1. The predicted octanol–water partition coefficient (Wildman–Crippen LogP) is 0.573. The molecule has 0 aliphatic carbocycles. The Hall–Kier alpha value is -0.620. The van der Waals surface area contributed by atoms with Crippen LogP contribution in [0.4, 0.5) is 0 Å². The first-order chi connectivity index (χ1) is 7.33. The van der Waals surface area contributed by atoms with E-state index < -0.39 is 10.0 Å². The molecular weight excluding hydrogens is 228 g/mol. The molecule has 1 unspecified atom stereocenters. The van der Waals surface area contributed by atoms with Crippen LogP contribution >= 0.6 is 0 Å². The molecule has 6 heteroatoms. The molecule has 16 heavy (non-hydrogen) atoms. The second kappa shape index (κ2) is 6.85. The molecule has 1 atom stereocenters. The Labute approximate surface area is 98.3 Å². The fraction of sp³-hybridized carbons (Fsp3) is 0.900. The Morgan fingerprint density at radius 3 is 2.38 bits per heavy atom. The van der Waals surface area contributed by atoms with Crippen molar-refractivity contribution in [3.05, 3.63) is 0 Å². The predicted molar refractivity (Wildman–Crippen MR) is 64.6 cm³/mol. The number of likely N-dealkylation sites (N-methyl/N-ethyl adjacent to an activating group) is 1. The summed E-state index contributed by atoms with van der Waals surface area (Å²) in [5, 5.41) is 2.76. The van der Waals surface area contributed by atoms with Crippen molar-refractivity contribution < 1.29 is 13.2 Å². The molecule has 0 bridgehead atoms. The largest absolute Gasteiger partial charge is 0.353 e. The molecule has 1 N–H and O–H groups in total. The highest BCUT2D eigenvalue weighted by Gasteiger charge is 2.18. The quantitative estimate of drug-likeness (QED) is 0.718. The number of rotatable bonds is 7. The third-order valence-corrected chi connectivity index (χ3v) is 4.14. The molecule has 0 aliphatic heterocycles. The second-order valence-electron chi connectivity index (χ2n) is 3.91. The molecule has 0 saturated carbocycles. The molecule has 0 heterocycles. The van der Waals surface area contributed by atoms with Crippen LogP contribution in [0.5, 0.6) is 0 Å². The Morgan fingerprint density at radius 2 is 1.94 bits per heavy atom. The minimum Gasteiger partial charge on any atom is -0.353 e. The highest BCUT2D eigenvalue weighted by atomic mass is 32.2. The smallest absolute Gasteiger partial charge is 0.235 e. The van der Waals surface area contributed by atoms with Crippen molar-refractivity contribution in [3.63, 3.8) is 0 Å². The molecule has 0 aromatic rings. The van der Waals surface area contributed by atoms with Crippen LogP contribution in [0.25, 0.3) is 0 Å². The van der Waals surface area contributed by atoms with E-state index in [4.69, 9.17) is 0 Å². The molecule has 0 rings (SSSR count). The SMILES string of the molecule is CCCC(C)NC(=O)CN(C)S(=O)(=O)CC. The van der Waals surface area contributed by atoms with Gasteiger partial charge in [0.2, 0.25) is 15.9 Å². The topological polar surface area (TPSA) is 66.5 Å². The Morgan fingerprint density at radius 1 is 1.38 bits per heavy atom. The molecule has 96 valence electrons. The van der Waals surface area contributed by atoms with Crippen LogP contribution in [0.15, 0.2) is 0 Å². The zero-order valence-corrected chi connectivity index (χ0v) is 11.3. The molecule has 1 amide bonds. The van der Waals surface area contributed by atoms with Gasteiger partial charge in [0.05, 0.1) is 12.3 Å². The summed E-state index contributed by atoms with van der Waals surface area (Å²) < 4.78 is 23.9. The zero-order valence-electron chi connectivity index (χ0n) is 10.5. The first-order valence-electron chi connectivity index (χ1n) is 5.56. The van der Waals surface area contributed by atoms with Crippen LogP contribution in [-0.4, -0.2) is 44.0 Å². The van der Waals surface area contributed by atoms with Crippen molar-refractivity contribution in [2.75, 3.05) is 19.3 Å². The minimum absolute atomic E-state index is 0.0152. The second-order valence-corrected chi connectivity index (χ2v) is 6.28. The number of carbonyl (C=O) groups is 1. The molecule has 0 aromatic carbocycles. The van der Waals surface area contributed by atoms with Gasteiger partial charge in [-0.05, 0) is 20.3 Å². The van der Waals surface area contributed by atoms with E-state index in [1.165, 1.54) is 7.05 Å². The van der Waals surface area contributed by atoms with Gasteiger partial charge in [0.1, 0.15) is 0 Å². The van der Waals surface area contributed by atoms with Gasteiger partial charge >= 0.3 is 0 Å². The fourth-order valence-corrected chi connectivity index (χ4v) is 2.10. The van der Waals surface area contributed by atoms with Gasteiger partial charge < -0.3 is 5.32 Å². The summed E-state index contributed by atoms with van der Waals surface area (Å²) in [6.45, 7) is 5.40. The van der Waals surface area contributed by atoms with Crippen LogP contribution in [0.1, 0.15) is 33.6 Å². The van der Waals surface area contributed by atoms with E-state index in [0.717, 1.165) is 17.1 Å².